The minimum Gasteiger partial charge on any atom is -0.466 e. The van der Waals surface area contributed by atoms with Crippen LogP contribution in [-0.4, -0.2) is 11.7 Å². The minimum absolute atomic E-state index is 0.0168. The molecule has 2 rings (SSSR count). The van der Waals surface area contributed by atoms with Gasteiger partial charge in [0.15, 0.2) is 5.78 Å². The normalized spacial score (nSPS) is 12.1. The van der Waals surface area contributed by atoms with Gasteiger partial charge in [0.05, 0.1) is 10.9 Å². The highest BCUT2D eigenvalue weighted by Gasteiger charge is 2.16. The average molecular weight is 305 g/mol. The maximum Gasteiger partial charge on any atom is 0.220 e. The van der Waals surface area contributed by atoms with Crippen LogP contribution in [0.5, 0.6) is 0 Å². The number of carbonyl (C=O) groups excluding carboxylic acids is 2. The van der Waals surface area contributed by atoms with Crippen LogP contribution in [0.1, 0.15) is 52.6 Å². The molecule has 0 bridgehead atoms. The highest BCUT2D eigenvalue weighted by atomic mass is 32.1. The summed E-state index contributed by atoms with van der Waals surface area (Å²) in [5.74, 6) is 1.54. The molecule has 0 spiro atoms. The molecule has 2 heterocycles. The summed E-state index contributed by atoms with van der Waals surface area (Å²) >= 11 is 1.40. The summed E-state index contributed by atoms with van der Waals surface area (Å²) in [5, 5.41) is 4.76. The maximum absolute atomic E-state index is 11.9. The Balaban J connectivity index is 1.84. The van der Waals surface area contributed by atoms with Gasteiger partial charge in [-0.3, -0.25) is 9.59 Å². The molecule has 1 N–H and O–H groups in total. The van der Waals surface area contributed by atoms with Crippen LogP contribution < -0.4 is 5.32 Å². The van der Waals surface area contributed by atoms with E-state index in [0.29, 0.717) is 4.88 Å². The van der Waals surface area contributed by atoms with Crippen molar-refractivity contribution in [2.45, 2.75) is 39.7 Å². The first-order chi connectivity index (χ1) is 9.97. The van der Waals surface area contributed by atoms with Gasteiger partial charge in [-0.25, -0.2) is 0 Å². The third-order valence-corrected chi connectivity index (χ3v) is 4.21. The Morgan fingerprint density at radius 2 is 2.10 bits per heavy atom. The summed E-state index contributed by atoms with van der Waals surface area (Å²) in [4.78, 5) is 24.5. The fourth-order valence-electron chi connectivity index (χ4n) is 2.26. The molecular formula is C16H19NO3S. The van der Waals surface area contributed by atoms with Gasteiger partial charge in [-0.1, -0.05) is 6.07 Å². The molecule has 112 valence electrons. The van der Waals surface area contributed by atoms with Gasteiger partial charge in [-0.15, -0.1) is 11.3 Å². The smallest absolute Gasteiger partial charge is 0.220 e. The van der Waals surface area contributed by atoms with E-state index in [4.69, 9.17) is 4.42 Å². The lowest BCUT2D eigenvalue weighted by molar-refractivity contribution is -0.121. The summed E-state index contributed by atoms with van der Waals surface area (Å²) < 4.78 is 5.46. The van der Waals surface area contributed by atoms with Gasteiger partial charge in [0, 0.05) is 18.4 Å². The largest absolute Gasteiger partial charge is 0.466 e. The van der Waals surface area contributed by atoms with Crippen LogP contribution in [0, 0.1) is 13.8 Å². The number of furan rings is 1. The number of hydrogen-bond acceptors (Lipinski definition) is 4. The van der Waals surface area contributed by atoms with Crippen LogP contribution in [0.3, 0.4) is 0 Å². The Morgan fingerprint density at radius 3 is 2.67 bits per heavy atom. The zero-order valence-electron chi connectivity index (χ0n) is 12.4. The number of aryl methyl sites for hydroxylation is 2. The van der Waals surface area contributed by atoms with E-state index in [0.717, 1.165) is 17.1 Å². The SMILES string of the molecule is Cc1cc([C@@H](C)NC(=O)CCC(=O)c2cccs2)c(C)o1. The molecule has 4 nitrogen and oxygen atoms in total. The predicted molar refractivity (Wildman–Crippen MR) is 82.6 cm³/mol. The molecule has 1 amide bonds. The number of amides is 1. The molecule has 0 saturated carbocycles. The molecule has 1 atom stereocenters. The fraction of sp³-hybridized carbons (Fsp3) is 0.375. The van der Waals surface area contributed by atoms with Crippen molar-refractivity contribution in [1.29, 1.82) is 0 Å². The van der Waals surface area contributed by atoms with Crippen molar-refractivity contribution in [3.63, 3.8) is 0 Å². The van der Waals surface area contributed by atoms with Crippen molar-refractivity contribution < 1.29 is 14.0 Å². The number of hydrogen-bond donors (Lipinski definition) is 1. The molecule has 2 aromatic heterocycles. The summed E-state index contributed by atoms with van der Waals surface area (Å²) in [6.07, 6.45) is 0.444. The maximum atomic E-state index is 11.9. The number of thiophene rings is 1. The van der Waals surface area contributed by atoms with Crippen molar-refractivity contribution in [1.82, 2.24) is 5.32 Å². The lowest BCUT2D eigenvalue weighted by Gasteiger charge is -2.12. The molecule has 0 radical (unpaired) electrons. The topological polar surface area (TPSA) is 59.3 Å². The van der Waals surface area contributed by atoms with E-state index in [9.17, 15) is 9.59 Å². The van der Waals surface area contributed by atoms with Crippen molar-refractivity contribution in [3.8, 4) is 0 Å². The Labute approximate surface area is 128 Å². The van der Waals surface area contributed by atoms with Crippen LogP contribution in [0.25, 0.3) is 0 Å². The van der Waals surface area contributed by atoms with Crippen LogP contribution in [-0.2, 0) is 4.79 Å². The molecule has 0 aliphatic rings. The van der Waals surface area contributed by atoms with E-state index >= 15 is 0 Å². The second kappa shape index (κ2) is 6.72. The van der Waals surface area contributed by atoms with Gasteiger partial charge in [0.25, 0.3) is 0 Å². The van der Waals surface area contributed by atoms with Gasteiger partial charge in [-0.2, -0.15) is 0 Å². The van der Waals surface area contributed by atoms with Crippen LogP contribution in [0.15, 0.2) is 28.0 Å². The van der Waals surface area contributed by atoms with Crippen LogP contribution in [0.4, 0.5) is 0 Å². The Kier molecular flexibility index (Phi) is 4.96. The molecule has 0 aliphatic heterocycles. The molecular weight excluding hydrogens is 286 g/mol. The first-order valence-electron chi connectivity index (χ1n) is 6.90. The Morgan fingerprint density at radius 1 is 1.33 bits per heavy atom. The lowest BCUT2D eigenvalue weighted by atomic mass is 10.1. The van der Waals surface area contributed by atoms with Crippen LogP contribution >= 0.6 is 11.3 Å². The number of nitrogens with one attached hydrogen (secondary N) is 1. The summed E-state index contributed by atoms with van der Waals surface area (Å²) in [6, 6.07) is 5.43. The van der Waals surface area contributed by atoms with E-state index < -0.39 is 0 Å². The standard InChI is InChI=1S/C16H19NO3S/c1-10-9-13(12(3)20-10)11(2)17-16(19)7-6-14(18)15-5-4-8-21-15/h4-5,8-9,11H,6-7H2,1-3H3,(H,17,19)/t11-/m1/s1. The first-order valence-corrected chi connectivity index (χ1v) is 7.78. The van der Waals surface area contributed by atoms with E-state index in [1.54, 1.807) is 6.07 Å². The monoisotopic (exact) mass is 305 g/mol. The third kappa shape index (κ3) is 4.04. The zero-order valence-corrected chi connectivity index (χ0v) is 13.3. The van der Waals surface area contributed by atoms with Crippen LogP contribution in [0.2, 0.25) is 0 Å². The van der Waals surface area contributed by atoms with Crippen molar-refractivity contribution >= 4 is 23.0 Å². The molecule has 0 aliphatic carbocycles. The Bertz CT molecular complexity index is 628. The molecule has 0 unspecified atom stereocenters. The van der Waals surface area contributed by atoms with Gasteiger partial charge >= 0.3 is 0 Å². The molecule has 2 aromatic rings. The summed E-state index contributed by atoms with van der Waals surface area (Å²) in [7, 11) is 0. The molecule has 0 aromatic carbocycles. The lowest BCUT2D eigenvalue weighted by Crippen LogP contribution is -2.27. The number of rotatable bonds is 6. The van der Waals surface area contributed by atoms with Gasteiger partial charge in [0.1, 0.15) is 11.5 Å². The Hall–Kier alpha value is -1.88. The molecule has 5 heteroatoms. The highest BCUT2D eigenvalue weighted by Crippen LogP contribution is 2.21. The number of Topliss-reactive ketones (excluding diaryl/α,β-unsaturated/α-hetero) is 1. The van der Waals surface area contributed by atoms with Gasteiger partial charge in [0.2, 0.25) is 5.91 Å². The van der Waals surface area contributed by atoms with E-state index in [2.05, 4.69) is 5.32 Å². The third-order valence-electron chi connectivity index (χ3n) is 3.30. The second-order valence-electron chi connectivity index (χ2n) is 5.06. The number of carbonyl (C=O) groups is 2. The number of ketones is 1. The zero-order chi connectivity index (χ0) is 15.4. The van der Waals surface area contributed by atoms with Gasteiger partial charge in [-0.05, 0) is 38.3 Å². The minimum atomic E-state index is -0.120. The van der Waals surface area contributed by atoms with E-state index in [-0.39, 0.29) is 30.6 Å². The average Bonchev–Trinajstić information content (AvgIpc) is 3.05. The quantitative estimate of drug-likeness (QED) is 0.826. The van der Waals surface area contributed by atoms with Crippen molar-refractivity contribution in [2.24, 2.45) is 0 Å². The highest BCUT2D eigenvalue weighted by molar-refractivity contribution is 7.12. The van der Waals surface area contributed by atoms with Crippen molar-refractivity contribution in [2.75, 3.05) is 0 Å². The first kappa shape index (κ1) is 15.5. The molecule has 0 saturated heterocycles. The fourth-order valence-corrected chi connectivity index (χ4v) is 2.95. The second-order valence-corrected chi connectivity index (χ2v) is 6.01. The molecule has 21 heavy (non-hydrogen) atoms. The predicted octanol–water partition coefficient (Wildman–Crippen LogP) is 3.80. The van der Waals surface area contributed by atoms with Crippen molar-refractivity contribution in [3.05, 3.63) is 45.5 Å². The van der Waals surface area contributed by atoms with E-state index in [1.807, 2.05) is 38.3 Å². The summed E-state index contributed by atoms with van der Waals surface area (Å²) in [6.45, 7) is 5.67. The van der Waals surface area contributed by atoms with Gasteiger partial charge < -0.3 is 9.73 Å². The molecule has 0 fully saturated rings. The van der Waals surface area contributed by atoms with E-state index in [1.165, 1.54) is 11.3 Å². The summed E-state index contributed by atoms with van der Waals surface area (Å²) in [5.41, 5.74) is 0.977.